The van der Waals surface area contributed by atoms with Gasteiger partial charge in [0.2, 0.25) is 0 Å². The van der Waals surface area contributed by atoms with Crippen LogP contribution in [-0.2, 0) is 11.3 Å². The molecule has 132 valence electrons. The Labute approximate surface area is 147 Å². The van der Waals surface area contributed by atoms with E-state index >= 15 is 0 Å². The zero-order valence-electron chi connectivity index (χ0n) is 14.4. The molecule has 1 saturated carbocycles. The quantitative estimate of drug-likeness (QED) is 0.905. The molecule has 2 fully saturated rings. The minimum absolute atomic E-state index is 0.271. The van der Waals surface area contributed by atoms with Gasteiger partial charge in [0.15, 0.2) is 0 Å². The molecule has 6 nitrogen and oxygen atoms in total. The molecule has 0 bridgehead atoms. The van der Waals surface area contributed by atoms with Crippen LogP contribution < -0.4 is 4.74 Å². The molecule has 1 N–H and O–H groups in total. The average Bonchev–Trinajstić information content (AvgIpc) is 3.29. The standard InChI is InChI=1S/C19H23N3O3/c1-25-17-7-3-2-6-16(17)22-15(8-10-20-22)12-21-11-14-5-4-9-19(14,13-21)18(23)24/h2-3,6-8,10,14H,4-5,9,11-13H2,1H3,(H,23,24)/t14-,19+/m0/s1. The van der Waals surface area contributed by atoms with E-state index < -0.39 is 11.4 Å². The molecule has 1 saturated heterocycles. The zero-order valence-corrected chi connectivity index (χ0v) is 14.4. The number of aliphatic carboxylic acids is 1. The number of ether oxygens (including phenoxy) is 1. The lowest BCUT2D eigenvalue weighted by Gasteiger charge is -2.23. The molecule has 0 spiro atoms. The Kier molecular flexibility index (Phi) is 4.00. The van der Waals surface area contributed by atoms with Gasteiger partial charge in [0.1, 0.15) is 11.4 Å². The maximum atomic E-state index is 11.9. The lowest BCUT2D eigenvalue weighted by Crippen LogP contribution is -2.35. The summed E-state index contributed by atoms with van der Waals surface area (Å²) in [6.07, 6.45) is 4.64. The summed E-state index contributed by atoms with van der Waals surface area (Å²) >= 11 is 0. The number of para-hydroxylation sites is 2. The van der Waals surface area contributed by atoms with Gasteiger partial charge in [0.25, 0.3) is 0 Å². The van der Waals surface area contributed by atoms with E-state index in [2.05, 4.69) is 10.00 Å². The van der Waals surface area contributed by atoms with Crippen LogP contribution in [0.1, 0.15) is 25.0 Å². The van der Waals surface area contributed by atoms with Gasteiger partial charge in [0, 0.05) is 25.8 Å². The lowest BCUT2D eigenvalue weighted by molar-refractivity contribution is -0.149. The molecule has 2 heterocycles. The number of carboxylic acid groups (broad SMARTS) is 1. The molecule has 0 amide bonds. The maximum Gasteiger partial charge on any atom is 0.311 e. The molecular formula is C19H23N3O3. The molecular weight excluding hydrogens is 318 g/mol. The van der Waals surface area contributed by atoms with Crippen LogP contribution in [0.15, 0.2) is 36.5 Å². The minimum atomic E-state index is -0.629. The Balaban J connectivity index is 1.58. The Morgan fingerprint density at radius 3 is 3.00 bits per heavy atom. The fourth-order valence-electron chi connectivity index (χ4n) is 4.56. The summed E-state index contributed by atoms with van der Waals surface area (Å²) in [5.41, 5.74) is 1.40. The van der Waals surface area contributed by atoms with E-state index in [4.69, 9.17) is 4.74 Å². The number of benzene rings is 1. The molecule has 4 rings (SSSR count). The number of hydrogen-bond acceptors (Lipinski definition) is 4. The SMILES string of the molecule is COc1ccccc1-n1nccc1CN1C[C@@H]2CCC[C@@]2(C(=O)O)C1. The largest absolute Gasteiger partial charge is 0.494 e. The van der Waals surface area contributed by atoms with Crippen molar-refractivity contribution in [3.05, 3.63) is 42.2 Å². The van der Waals surface area contributed by atoms with E-state index in [9.17, 15) is 9.90 Å². The number of rotatable bonds is 5. The third-order valence-corrected chi connectivity index (χ3v) is 5.79. The number of aromatic nitrogens is 2. The van der Waals surface area contributed by atoms with Crippen molar-refractivity contribution in [3.63, 3.8) is 0 Å². The van der Waals surface area contributed by atoms with Crippen molar-refractivity contribution in [2.75, 3.05) is 20.2 Å². The number of carboxylic acids is 1. The fourth-order valence-corrected chi connectivity index (χ4v) is 4.56. The van der Waals surface area contributed by atoms with Gasteiger partial charge in [0.05, 0.1) is 18.2 Å². The number of hydrogen-bond donors (Lipinski definition) is 1. The summed E-state index contributed by atoms with van der Waals surface area (Å²) in [4.78, 5) is 14.1. The molecule has 1 aromatic carbocycles. The van der Waals surface area contributed by atoms with Gasteiger partial charge in [-0.15, -0.1) is 0 Å². The van der Waals surface area contributed by atoms with Crippen molar-refractivity contribution >= 4 is 5.97 Å². The predicted octanol–water partition coefficient (Wildman–Crippen LogP) is 2.57. The van der Waals surface area contributed by atoms with Crippen LogP contribution >= 0.6 is 0 Å². The Bertz CT molecular complexity index is 788. The molecule has 6 heteroatoms. The number of likely N-dealkylation sites (tertiary alicyclic amines) is 1. The monoisotopic (exact) mass is 341 g/mol. The number of methoxy groups -OCH3 is 1. The average molecular weight is 341 g/mol. The van der Waals surface area contributed by atoms with Gasteiger partial charge in [-0.2, -0.15) is 5.10 Å². The van der Waals surface area contributed by atoms with Crippen LogP contribution in [-0.4, -0.2) is 46.0 Å². The van der Waals surface area contributed by atoms with Crippen LogP contribution in [0.2, 0.25) is 0 Å². The first-order chi connectivity index (χ1) is 12.1. The number of fused-ring (bicyclic) bond motifs is 1. The van der Waals surface area contributed by atoms with E-state index in [1.54, 1.807) is 13.3 Å². The van der Waals surface area contributed by atoms with Gasteiger partial charge < -0.3 is 9.84 Å². The molecule has 25 heavy (non-hydrogen) atoms. The summed E-state index contributed by atoms with van der Waals surface area (Å²) in [6, 6.07) is 9.79. The normalized spacial score (nSPS) is 25.9. The van der Waals surface area contributed by atoms with Crippen molar-refractivity contribution in [2.45, 2.75) is 25.8 Å². The van der Waals surface area contributed by atoms with Gasteiger partial charge >= 0.3 is 5.97 Å². The predicted molar refractivity (Wildman–Crippen MR) is 92.8 cm³/mol. The first-order valence-electron chi connectivity index (χ1n) is 8.76. The summed E-state index contributed by atoms with van der Waals surface area (Å²) < 4.78 is 7.34. The maximum absolute atomic E-state index is 11.9. The van der Waals surface area contributed by atoms with E-state index in [1.807, 2.05) is 35.0 Å². The smallest absolute Gasteiger partial charge is 0.311 e. The summed E-state index contributed by atoms with van der Waals surface area (Å²) in [6.45, 7) is 2.18. The highest BCUT2D eigenvalue weighted by atomic mass is 16.5. The van der Waals surface area contributed by atoms with Crippen molar-refractivity contribution in [1.82, 2.24) is 14.7 Å². The Morgan fingerprint density at radius 1 is 1.40 bits per heavy atom. The van der Waals surface area contributed by atoms with Crippen LogP contribution in [0.25, 0.3) is 5.69 Å². The first kappa shape index (κ1) is 16.1. The topological polar surface area (TPSA) is 67.6 Å². The Morgan fingerprint density at radius 2 is 2.24 bits per heavy atom. The lowest BCUT2D eigenvalue weighted by atomic mass is 9.81. The minimum Gasteiger partial charge on any atom is -0.494 e. The second kappa shape index (κ2) is 6.19. The van der Waals surface area contributed by atoms with E-state index in [1.165, 1.54) is 0 Å². The number of nitrogens with zero attached hydrogens (tertiary/aromatic N) is 3. The molecule has 0 unspecified atom stereocenters. The molecule has 1 aliphatic carbocycles. The van der Waals surface area contributed by atoms with Crippen LogP contribution in [0.4, 0.5) is 0 Å². The van der Waals surface area contributed by atoms with Crippen LogP contribution in [0.3, 0.4) is 0 Å². The molecule has 2 aliphatic rings. The highest BCUT2D eigenvalue weighted by Crippen LogP contribution is 2.49. The summed E-state index contributed by atoms with van der Waals surface area (Å²) in [5.74, 6) is 0.413. The van der Waals surface area contributed by atoms with E-state index in [0.29, 0.717) is 13.1 Å². The fraction of sp³-hybridized carbons (Fsp3) is 0.474. The van der Waals surface area contributed by atoms with Crippen molar-refractivity contribution < 1.29 is 14.6 Å². The Hall–Kier alpha value is -2.34. The summed E-state index contributed by atoms with van der Waals surface area (Å²) in [7, 11) is 1.65. The molecule has 0 radical (unpaired) electrons. The van der Waals surface area contributed by atoms with E-state index in [0.717, 1.165) is 42.9 Å². The van der Waals surface area contributed by atoms with Crippen molar-refractivity contribution in [3.8, 4) is 11.4 Å². The molecule has 2 atom stereocenters. The summed E-state index contributed by atoms with van der Waals surface area (Å²) in [5, 5.41) is 14.2. The second-order valence-corrected chi connectivity index (χ2v) is 7.13. The molecule has 2 aromatic rings. The highest BCUT2D eigenvalue weighted by Gasteiger charge is 2.54. The zero-order chi connectivity index (χ0) is 17.4. The van der Waals surface area contributed by atoms with Gasteiger partial charge in [-0.1, -0.05) is 18.6 Å². The van der Waals surface area contributed by atoms with Crippen molar-refractivity contribution in [1.29, 1.82) is 0 Å². The van der Waals surface area contributed by atoms with E-state index in [-0.39, 0.29) is 5.92 Å². The van der Waals surface area contributed by atoms with Gasteiger partial charge in [-0.25, -0.2) is 4.68 Å². The van der Waals surface area contributed by atoms with Gasteiger partial charge in [-0.3, -0.25) is 9.69 Å². The van der Waals surface area contributed by atoms with Gasteiger partial charge in [-0.05, 0) is 37.0 Å². The molecule has 1 aliphatic heterocycles. The third kappa shape index (κ3) is 2.61. The molecule has 1 aromatic heterocycles. The number of carbonyl (C=O) groups is 1. The van der Waals surface area contributed by atoms with Crippen molar-refractivity contribution in [2.24, 2.45) is 11.3 Å². The first-order valence-corrected chi connectivity index (χ1v) is 8.76. The van der Waals surface area contributed by atoms with Crippen LogP contribution in [0.5, 0.6) is 5.75 Å². The third-order valence-electron chi connectivity index (χ3n) is 5.79. The second-order valence-electron chi connectivity index (χ2n) is 7.13. The van der Waals surface area contributed by atoms with Crippen LogP contribution in [0, 0.1) is 11.3 Å². The highest BCUT2D eigenvalue weighted by molar-refractivity contribution is 5.76.